The molecule has 1 amide bonds. The lowest BCUT2D eigenvalue weighted by Crippen LogP contribution is -2.41. The van der Waals surface area contributed by atoms with Gasteiger partial charge in [-0.15, -0.1) is 0 Å². The number of fused-ring (bicyclic) bond motifs is 1. The minimum Gasteiger partial charge on any atom is -0.342 e. The van der Waals surface area contributed by atoms with Gasteiger partial charge >= 0.3 is 0 Å². The van der Waals surface area contributed by atoms with E-state index in [4.69, 9.17) is 0 Å². The average Bonchev–Trinajstić information content (AvgIpc) is 3.50. The van der Waals surface area contributed by atoms with Crippen molar-refractivity contribution in [3.05, 3.63) is 66.9 Å². The van der Waals surface area contributed by atoms with Crippen LogP contribution in [0.25, 0.3) is 22.3 Å². The summed E-state index contributed by atoms with van der Waals surface area (Å²) in [6.07, 6.45) is 7.37. The van der Waals surface area contributed by atoms with Crippen LogP contribution in [0.15, 0.2) is 61.2 Å². The van der Waals surface area contributed by atoms with Gasteiger partial charge in [0.1, 0.15) is 0 Å². The molecule has 0 bridgehead atoms. The highest BCUT2D eigenvalue weighted by Gasteiger charge is 2.27. The van der Waals surface area contributed by atoms with E-state index in [-0.39, 0.29) is 11.8 Å². The normalized spacial score (nSPS) is 16.0. The first-order chi connectivity index (χ1) is 15.2. The summed E-state index contributed by atoms with van der Waals surface area (Å²) in [5.74, 6) is 0.535. The number of rotatable bonds is 5. The molecule has 1 aromatic carbocycles. The van der Waals surface area contributed by atoms with Gasteiger partial charge in [-0.3, -0.25) is 14.9 Å². The maximum Gasteiger partial charge on any atom is 0.227 e. The number of pyridine rings is 1. The van der Waals surface area contributed by atoms with E-state index >= 15 is 0 Å². The molecular formula is C24H26N6O. The number of likely N-dealkylation sites (tertiary alicyclic amines) is 1. The van der Waals surface area contributed by atoms with Gasteiger partial charge in [0.15, 0.2) is 0 Å². The number of piperidine rings is 1. The summed E-state index contributed by atoms with van der Waals surface area (Å²) in [5, 5.41) is 6.96. The van der Waals surface area contributed by atoms with Gasteiger partial charge < -0.3 is 9.47 Å². The second-order valence-electron chi connectivity index (χ2n) is 8.33. The number of aromatic amines is 1. The standard InChI is InChI=1S/C24H26N6O/c1-17(15-30-16-26-22-4-2-3-5-23(22)30)24(31)29-12-9-18(10-13-29)20-7-6-19(14-25-20)21-8-11-27-28-21/h2-8,11,14,16-18H,9-10,12-13,15H2,1H3,(H,27,28)/t17-/m0/s1. The van der Waals surface area contributed by atoms with E-state index in [1.165, 1.54) is 0 Å². The van der Waals surface area contributed by atoms with Crippen LogP contribution in [-0.4, -0.2) is 48.6 Å². The molecule has 0 radical (unpaired) electrons. The van der Waals surface area contributed by atoms with E-state index in [2.05, 4.69) is 42.9 Å². The maximum atomic E-state index is 13.0. The Hall–Kier alpha value is -3.48. The van der Waals surface area contributed by atoms with Crippen LogP contribution in [0.5, 0.6) is 0 Å². The number of para-hydroxylation sites is 2. The summed E-state index contributed by atoms with van der Waals surface area (Å²) in [4.78, 5) is 24.2. The number of nitrogens with one attached hydrogen (secondary N) is 1. The highest BCUT2D eigenvalue weighted by molar-refractivity contribution is 5.79. The van der Waals surface area contributed by atoms with Crippen LogP contribution in [0.4, 0.5) is 0 Å². The molecule has 0 aliphatic carbocycles. The summed E-state index contributed by atoms with van der Waals surface area (Å²) in [6.45, 7) is 4.22. The van der Waals surface area contributed by atoms with Crippen LogP contribution in [0.1, 0.15) is 31.4 Å². The van der Waals surface area contributed by atoms with Gasteiger partial charge in [-0.1, -0.05) is 19.1 Å². The fraction of sp³-hybridized carbons (Fsp3) is 0.333. The van der Waals surface area contributed by atoms with Crippen LogP contribution in [0, 0.1) is 5.92 Å². The van der Waals surface area contributed by atoms with Gasteiger partial charge in [0.25, 0.3) is 0 Å². The number of H-pyrrole nitrogens is 1. The third-order valence-corrected chi connectivity index (χ3v) is 6.24. The lowest BCUT2D eigenvalue weighted by Gasteiger charge is -2.33. The molecule has 4 aromatic rings. The average molecular weight is 415 g/mol. The van der Waals surface area contributed by atoms with Crippen LogP contribution < -0.4 is 0 Å². The number of imidazole rings is 1. The summed E-state index contributed by atoms with van der Waals surface area (Å²) in [6, 6.07) is 14.2. The molecule has 1 atom stereocenters. The zero-order chi connectivity index (χ0) is 21.2. The number of amides is 1. The third-order valence-electron chi connectivity index (χ3n) is 6.24. The zero-order valence-electron chi connectivity index (χ0n) is 17.6. The summed E-state index contributed by atoms with van der Waals surface area (Å²) in [7, 11) is 0. The van der Waals surface area contributed by atoms with Crippen molar-refractivity contribution < 1.29 is 4.79 Å². The Balaban J connectivity index is 1.18. The van der Waals surface area contributed by atoms with E-state index < -0.39 is 0 Å². The van der Waals surface area contributed by atoms with Gasteiger partial charge in [-0.05, 0) is 43.2 Å². The molecule has 1 saturated heterocycles. The van der Waals surface area contributed by atoms with E-state index in [0.29, 0.717) is 12.5 Å². The second-order valence-corrected chi connectivity index (χ2v) is 8.33. The molecule has 0 spiro atoms. The molecule has 0 unspecified atom stereocenters. The van der Waals surface area contributed by atoms with Gasteiger partial charge in [-0.25, -0.2) is 4.98 Å². The minimum atomic E-state index is -0.0824. The van der Waals surface area contributed by atoms with Crippen LogP contribution in [0.3, 0.4) is 0 Å². The predicted octanol–water partition coefficient (Wildman–Crippen LogP) is 3.86. The van der Waals surface area contributed by atoms with Gasteiger partial charge in [-0.2, -0.15) is 5.10 Å². The van der Waals surface area contributed by atoms with Crippen LogP contribution >= 0.6 is 0 Å². The Bertz CT molecular complexity index is 1160. The number of hydrogen-bond acceptors (Lipinski definition) is 4. The highest BCUT2D eigenvalue weighted by Crippen LogP contribution is 2.28. The fourth-order valence-corrected chi connectivity index (χ4v) is 4.46. The van der Waals surface area contributed by atoms with Gasteiger partial charge in [0.05, 0.1) is 29.0 Å². The number of hydrogen-bond donors (Lipinski definition) is 1. The lowest BCUT2D eigenvalue weighted by molar-refractivity contribution is -0.136. The van der Waals surface area contributed by atoms with Crippen molar-refractivity contribution >= 4 is 16.9 Å². The molecule has 0 saturated carbocycles. The number of carbonyl (C=O) groups is 1. The Labute approximate surface area is 181 Å². The molecule has 7 nitrogen and oxygen atoms in total. The van der Waals surface area contributed by atoms with Crippen LogP contribution in [-0.2, 0) is 11.3 Å². The number of aromatic nitrogens is 5. The zero-order valence-corrected chi connectivity index (χ0v) is 17.6. The Kier molecular flexibility index (Phi) is 5.24. The Morgan fingerprint density at radius 2 is 1.97 bits per heavy atom. The van der Waals surface area contributed by atoms with Crippen molar-refractivity contribution in [1.29, 1.82) is 0 Å². The van der Waals surface area contributed by atoms with Crippen molar-refractivity contribution in [2.45, 2.75) is 32.2 Å². The second kappa shape index (κ2) is 8.34. The van der Waals surface area contributed by atoms with Crippen molar-refractivity contribution in [1.82, 2.24) is 29.6 Å². The highest BCUT2D eigenvalue weighted by atomic mass is 16.2. The minimum absolute atomic E-state index is 0.0824. The molecule has 1 aliphatic rings. The van der Waals surface area contributed by atoms with Crippen molar-refractivity contribution in [3.8, 4) is 11.3 Å². The molecule has 4 heterocycles. The third kappa shape index (κ3) is 3.95. The summed E-state index contributed by atoms with van der Waals surface area (Å²) >= 11 is 0. The topological polar surface area (TPSA) is 79.7 Å². The van der Waals surface area contributed by atoms with E-state index in [0.717, 1.165) is 53.9 Å². The Morgan fingerprint density at radius 1 is 1.13 bits per heavy atom. The lowest BCUT2D eigenvalue weighted by atomic mass is 9.92. The summed E-state index contributed by atoms with van der Waals surface area (Å²) < 4.78 is 2.08. The Morgan fingerprint density at radius 3 is 2.71 bits per heavy atom. The number of benzene rings is 1. The van der Waals surface area contributed by atoms with E-state index in [1.54, 1.807) is 6.20 Å². The number of nitrogens with zero attached hydrogens (tertiary/aromatic N) is 5. The molecule has 1 aliphatic heterocycles. The van der Waals surface area contributed by atoms with E-state index in [9.17, 15) is 4.79 Å². The molecule has 1 fully saturated rings. The van der Waals surface area contributed by atoms with Crippen molar-refractivity contribution in [3.63, 3.8) is 0 Å². The van der Waals surface area contributed by atoms with Crippen molar-refractivity contribution in [2.24, 2.45) is 5.92 Å². The first-order valence-electron chi connectivity index (χ1n) is 10.8. The molecule has 5 rings (SSSR count). The SMILES string of the molecule is C[C@@H](Cn1cnc2ccccc21)C(=O)N1CCC(c2ccc(-c3ccn[nH]3)cn2)CC1. The predicted molar refractivity (Wildman–Crippen MR) is 119 cm³/mol. The van der Waals surface area contributed by atoms with Crippen LogP contribution in [0.2, 0.25) is 0 Å². The quantitative estimate of drug-likeness (QED) is 0.538. The molecule has 3 aromatic heterocycles. The number of carbonyl (C=O) groups excluding carboxylic acids is 1. The first-order valence-corrected chi connectivity index (χ1v) is 10.8. The first kappa shape index (κ1) is 19.5. The summed E-state index contributed by atoms with van der Waals surface area (Å²) in [5.41, 5.74) is 5.15. The van der Waals surface area contributed by atoms with Crippen molar-refractivity contribution in [2.75, 3.05) is 13.1 Å². The van der Waals surface area contributed by atoms with Gasteiger partial charge in [0.2, 0.25) is 5.91 Å². The monoisotopic (exact) mass is 414 g/mol. The largest absolute Gasteiger partial charge is 0.342 e. The molecule has 7 heteroatoms. The molecule has 1 N–H and O–H groups in total. The molecule has 31 heavy (non-hydrogen) atoms. The smallest absolute Gasteiger partial charge is 0.227 e. The fourth-order valence-electron chi connectivity index (χ4n) is 4.46. The molecule has 158 valence electrons. The maximum absolute atomic E-state index is 13.0. The molecular weight excluding hydrogens is 388 g/mol. The van der Waals surface area contributed by atoms with Gasteiger partial charge in [0, 0.05) is 49.2 Å². The van der Waals surface area contributed by atoms with E-state index in [1.807, 2.05) is 48.6 Å².